The third kappa shape index (κ3) is 9.09. The fraction of sp³-hybridized carbons (Fsp3) is 0.733. The summed E-state index contributed by atoms with van der Waals surface area (Å²) < 4.78 is 0. The molecule has 1 amide bonds. The average Bonchev–Trinajstić information content (AvgIpc) is 2.93. The normalized spacial score (nSPS) is 24.3. The molecule has 1 aromatic carbocycles. The number of hydrogen-bond donors (Lipinski definition) is 3. The summed E-state index contributed by atoms with van der Waals surface area (Å²) in [5, 5.41) is 13.1. The number of benzene rings is 1. The van der Waals surface area contributed by atoms with Gasteiger partial charge in [0.1, 0.15) is 6.54 Å². The molecule has 5 nitrogen and oxygen atoms in total. The highest BCUT2D eigenvalue weighted by Gasteiger charge is 2.36. The molecule has 0 bridgehead atoms. The molecule has 4 rings (SSSR count). The van der Waals surface area contributed by atoms with Gasteiger partial charge in [0.2, 0.25) is 5.91 Å². The highest BCUT2D eigenvalue weighted by Crippen LogP contribution is 2.36. The van der Waals surface area contributed by atoms with Crippen molar-refractivity contribution in [2.45, 2.75) is 121 Å². The first kappa shape index (κ1) is 29.0. The minimum absolute atomic E-state index is 0.0444. The van der Waals surface area contributed by atoms with E-state index in [9.17, 15) is 14.7 Å². The number of hydrogen-bond acceptors (Lipinski definition) is 4. The van der Waals surface area contributed by atoms with E-state index in [0.29, 0.717) is 5.75 Å². The predicted octanol–water partition coefficient (Wildman–Crippen LogP) is 6.43. The van der Waals surface area contributed by atoms with Crippen molar-refractivity contribution >= 4 is 24.5 Å². The van der Waals surface area contributed by atoms with Gasteiger partial charge in [0.15, 0.2) is 0 Å². The summed E-state index contributed by atoms with van der Waals surface area (Å²) in [6.07, 6.45) is 18.6. The number of nitrogens with zero attached hydrogens (tertiary/aromatic N) is 1. The molecule has 3 aliphatic rings. The van der Waals surface area contributed by atoms with Gasteiger partial charge in [-0.3, -0.25) is 9.59 Å². The van der Waals surface area contributed by atoms with Crippen molar-refractivity contribution in [2.24, 2.45) is 5.92 Å². The molecule has 36 heavy (non-hydrogen) atoms. The predicted molar refractivity (Wildman–Crippen MR) is 151 cm³/mol. The van der Waals surface area contributed by atoms with E-state index < -0.39 is 5.97 Å². The second-order valence-electron chi connectivity index (χ2n) is 11.1. The van der Waals surface area contributed by atoms with Crippen LogP contribution >= 0.6 is 12.6 Å². The van der Waals surface area contributed by atoms with Gasteiger partial charge in [0, 0.05) is 35.7 Å². The summed E-state index contributed by atoms with van der Waals surface area (Å²) in [4.78, 5) is 25.6. The van der Waals surface area contributed by atoms with E-state index in [0.717, 1.165) is 37.8 Å². The maximum absolute atomic E-state index is 12.7. The summed E-state index contributed by atoms with van der Waals surface area (Å²) in [5.74, 6) is -0.689. The van der Waals surface area contributed by atoms with Crippen molar-refractivity contribution in [3.05, 3.63) is 35.9 Å². The topological polar surface area (TPSA) is 69.6 Å². The van der Waals surface area contributed by atoms with Gasteiger partial charge in [0.25, 0.3) is 0 Å². The first-order valence-electron chi connectivity index (χ1n) is 14.4. The van der Waals surface area contributed by atoms with E-state index >= 15 is 0 Å². The number of rotatable bonds is 8. The summed E-state index contributed by atoms with van der Waals surface area (Å²) in [5.41, 5.74) is 1.19. The van der Waals surface area contributed by atoms with Gasteiger partial charge in [-0.2, -0.15) is 12.6 Å². The molecule has 1 aromatic rings. The Morgan fingerprint density at radius 2 is 1.42 bits per heavy atom. The molecule has 0 aliphatic heterocycles. The third-order valence-electron chi connectivity index (χ3n) is 8.32. The highest BCUT2D eigenvalue weighted by atomic mass is 32.1. The fourth-order valence-corrected chi connectivity index (χ4v) is 6.47. The van der Waals surface area contributed by atoms with Gasteiger partial charge < -0.3 is 15.3 Å². The molecule has 3 saturated carbocycles. The summed E-state index contributed by atoms with van der Waals surface area (Å²) in [6, 6.07) is 11.8. The maximum Gasteiger partial charge on any atom is 0.323 e. The van der Waals surface area contributed by atoms with Crippen LogP contribution in [0, 0.1) is 5.92 Å². The number of carboxylic acids is 1. The Morgan fingerprint density at radius 1 is 0.889 bits per heavy atom. The van der Waals surface area contributed by atoms with Gasteiger partial charge in [-0.25, -0.2) is 0 Å². The molecular weight excluding hydrogens is 468 g/mol. The fourth-order valence-electron chi connectivity index (χ4n) is 6.31. The van der Waals surface area contributed by atoms with Gasteiger partial charge in [-0.05, 0) is 44.1 Å². The van der Waals surface area contributed by atoms with Gasteiger partial charge in [-0.15, -0.1) is 0 Å². The zero-order valence-corrected chi connectivity index (χ0v) is 23.1. The van der Waals surface area contributed by atoms with Gasteiger partial charge >= 0.3 is 5.97 Å². The lowest BCUT2D eigenvalue weighted by molar-refractivity contribution is -0.148. The monoisotopic (exact) mass is 516 g/mol. The number of amides is 1. The zero-order chi connectivity index (χ0) is 25.8. The van der Waals surface area contributed by atoms with Crippen LogP contribution < -0.4 is 5.32 Å². The van der Waals surface area contributed by atoms with E-state index in [-0.39, 0.29) is 30.3 Å². The van der Waals surface area contributed by atoms with Gasteiger partial charge in [0.05, 0.1) is 0 Å². The molecular formula is C30H48N2O3S. The molecule has 0 saturated heterocycles. The molecule has 0 radical (unpaired) electrons. The van der Waals surface area contributed by atoms with E-state index in [2.05, 4.69) is 30.1 Å². The first-order valence-corrected chi connectivity index (χ1v) is 15.1. The lowest BCUT2D eigenvalue weighted by Crippen LogP contribution is -2.49. The van der Waals surface area contributed by atoms with Crippen LogP contribution in [0.2, 0.25) is 0 Å². The Morgan fingerprint density at radius 3 is 1.94 bits per heavy atom. The number of thiol groups is 1. The molecule has 3 aliphatic carbocycles. The Balaban J connectivity index is 0.000000233. The third-order valence-corrected chi connectivity index (χ3v) is 8.87. The Hall–Kier alpha value is -1.53. The second kappa shape index (κ2) is 15.7. The highest BCUT2D eigenvalue weighted by molar-refractivity contribution is 7.80. The lowest BCUT2D eigenvalue weighted by atomic mass is 9.79. The number of aliphatic carboxylic acids is 1. The first-order chi connectivity index (χ1) is 17.5. The van der Waals surface area contributed by atoms with E-state index in [4.69, 9.17) is 0 Å². The van der Waals surface area contributed by atoms with Crippen LogP contribution in [0.4, 0.5) is 0 Å². The van der Waals surface area contributed by atoms with Crippen molar-refractivity contribution < 1.29 is 14.7 Å². The van der Waals surface area contributed by atoms with Crippen LogP contribution in [0.25, 0.3) is 0 Å². The number of nitrogens with one attached hydrogen (secondary N) is 1. The molecule has 0 heterocycles. The number of carboxylic acid groups (broad SMARTS) is 1. The SMILES string of the molecule is C1CCC(NC2CCCCC2)CC1.CC(CS)C(=O)N(CC(=O)O)C1CCCCC1c1ccccc1. The summed E-state index contributed by atoms with van der Waals surface area (Å²) in [6.45, 7) is 1.58. The van der Waals surface area contributed by atoms with Crippen molar-refractivity contribution in [2.75, 3.05) is 12.3 Å². The summed E-state index contributed by atoms with van der Waals surface area (Å²) >= 11 is 4.20. The zero-order valence-electron chi connectivity index (χ0n) is 22.2. The van der Waals surface area contributed by atoms with Crippen LogP contribution in [0.1, 0.15) is 108 Å². The smallest absolute Gasteiger partial charge is 0.323 e. The van der Waals surface area contributed by atoms with E-state index in [1.54, 1.807) is 4.90 Å². The van der Waals surface area contributed by atoms with E-state index in [1.807, 2.05) is 25.1 Å². The lowest BCUT2D eigenvalue weighted by Gasteiger charge is -2.40. The molecule has 202 valence electrons. The standard InChI is InChI=1S/C18H25NO3S.C12H23N/c1-13(12-23)18(22)19(11-17(20)21)16-10-6-5-9-15(16)14-7-3-2-4-8-14;1-3-7-11(8-4-1)13-12-9-5-2-6-10-12/h2-4,7-8,13,15-16,23H,5-6,9-12H2,1H3,(H,20,21);11-13H,1-10H2. The quantitative estimate of drug-likeness (QED) is 0.348. The van der Waals surface area contributed by atoms with Gasteiger partial charge in [-0.1, -0.05) is 88.6 Å². The van der Waals surface area contributed by atoms with Crippen LogP contribution in [-0.2, 0) is 9.59 Å². The van der Waals surface area contributed by atoms with Crippen LogP contribution in [0.15, 0.2) is 30.3 Å². The van der Waals surface area contributed by atoms with Crippen molar-refractivity contribution in [3.63, 3.8) is 0 Å². The van der Waals surface area contributed by atoms with E-state index in [1.165, 1.54) is 69.8 Å². The molecule has 3 unspecified atom stereocenters. The summed E-state index contributed by atoms with van der Waals surface area (Å²) in [7, 11) is 0. The second-order valence-corrected chi connectivity index (χ2v) is 11.5. The maximum atomic E-state index is 12.7. The largest absolute Gasteiger partial charge is 0.480 e. The Bertz CT molecular complexity index is 762. The molecule has 0 aromatic heterocycles. The molecule has 0 spiro atoms. The minimum atomic E-state index is -0.956. The molecule has 3 fully saturated rings. The van der Waals surface area contributed by atoms with Crippen molar-refractivity contribution in [1.82, 2.24) is 10.2 Å². The van der Waals surface area contributed by atoms with Crippen LogP contribution in [-0.4, -0.2) is 52.3 Å². The van der Waals surface area contributed by atoms with Crippen LogP contribution in [0.5, 0.6) is 0 Å². The molecule has 6 heteroatoms. The molecule has 2 N–H and O–H groups in total. The van der Waals surface area contributed by atoms with Crippen molar-refractivity contribution in [1.29, 1.82) is 0 Å². The van der Waals surface area contributed by atoms with Crippen LogP contribution in [0.3, 0.4) is 0 Å². The number of carbonyl (C=O) groups excluding carboxylic acids is 1. The molecule has 3 atom stereocenters. The number of carbonyl (C=O) groups is 2. The Labute approximate surface area is 224 Å². The average molecular weight is 517 g/mol. The van der Waals surface area contributed by atoms with Crippen molar-refractivity contribution in [3.8, 4) is 0 Å². The Kier molecular flexibility index (Phi) is 12.6. The minimum Gasteiger partial charge on any atom is -0.480 e.